The number of nitrogens with zero attached hydrogens (tertiary/aromatic N) is 1. The topological polar surface area (TPSA) is 52.0 Å². The zero-order valence-corrected chi connectivity index (χ0v) is 11.3. The molecule has 0 aliphatic carbocycles. The van der Waals surface area contributed by atoms with Crippen molar-refractivity contribution in [2.24, 2.45) is 5.73 Å². The van der Waals surface area contributed by atoms with Gasteiger partial charge in [0.25, 0.3) is 0 Å². The summed E-state index contributed by atoms with van der Waals surface area (Å²) in [5, 5.41) is 0. The Morgan fingerprint density at radius 3 is 2.71 bits per heavy atom. The summed E-state index contributed by atoms with van der Waals surface area (Å²) >= 11 is 3.41. The minimum absolute atomic E-state index is 0.223. The highest BCUT2D eigenvalue weighted by Gasteiger charge is 2.10. The number of rotatable bonds is 4. The number of benzene rings is 1. The molecule has 90 valence electrons. The lowest BCUT2D eigenvalue weighted by Gasteiger charge is -2.02. The van der Waals surface area contributed by atoms with Gasteiger partial charge in [-0.3, -0.25) is 0 Å². The van der Waals surface area contributed by atoms with Crippen molar-refractivity contribution in [3.63, 3.8) is 0 Å². The first kappa shape index (κ1) is 12.3. The zero-order valence-electron chi connectivity index (χ0n) is 9.69. The van der Waals surface area contributed by atoms with E-state index >= 15 is 0 Å². The van der Waals surface area contributed by atoms with Gasteiger partial charge in [0.2, 0.25) is 0 Å². The van der Waals surface area contributed by atoms with Gasteiger partial charge in [-0.2, -0.15) is 0 Å². The first-order valence-corrected chi connectivity index (χ1v) is 6.37. The van der Waals surface area contributed by atoms with Gasteiger partial charge in [-0.15, -0.1) is 0 Å². The van der Waals surface area contributed by atoms with Crippen molar-refractivity contribution in [2.75, 3.05) is 6.54 Å². The van der Waals surface area contributed by atoms with E-state index in [1.807, 2.05) is 19.1 Å². The maximum absolute atomic E-state index is 5.67. The van der Waals surface area contributed by atoms with Crippen LogP contribution in [0.4, 0.5) is 0 Å². The molecule has 0 saturated carbocycles. The zero-order chi connectivity index (χ0) is 12.3. The number of nitrogens with two attached hydrogens (primary N) is 1. The third-order valence-electron chi connectivity index (χ3n) is 2.68. The van der Waals surface area contributed by atoms with Crippen molar-refractivity contribution in [3.8, 4) is 0 Å². The lowest BCUT2D eigenvalue weighted by Crippen LogP contribution is -2.07. The molecule has 0 bridgehead atoms. The third kappa shape index (κ3) is 3.17. The Morgan fingerprint density at radius 2 is 2.06 bits per heavy atom. The second kappa shape index (κ2) is 5.47. The smallest absolute Gasteiger partial charge is 0.198 e. The number of hydrogen-bond acceptors (Lipinski definition) is 3. The SMILES string of the molecule is CC(CN)c1cnc(Cc2ccc(Br)cc2)o1. The Labute approximate surface area is 109 Å². The van der Waals surface area contributed by atoms with Crippen LogP contribution in [0.15, 0.2) is 39.4 Å². The van der Waals surface area contributed by atoms with Crippen molar-refractivity contribution in [1.29, 1.82) is 0 Å². The average molecular weight is 295 g/mol. The molecule has 0 spiro atoms. The molecule has 1 unspecified atom stereocenters. The molecule has 0 saturated heterocycles. The summed E-state index contributed by atoms with van der Waals surface area (Å²) in [6.07, 6.45) is 2.48. The maximum Gasteiger partial charge on any atom is 0.198 e. The molecular formula is C13H15BrN2O. The molecule has 0 aliphatic heterocycles. The van der Waals surface area contributed by atoms with Gasteiger partial charge in [0.1, 0.15) is 5.76 Å². The van der Waals surface area contributed by atoms with Crippen LogP contribution in [0.25, 0.3) is 0 Å². The first-order valence-electron chi connectivity index (χ1n) is 5.58. The Morgan fingerprint density at radius 1 is 1.35 bits per heavy atom. The summed E-state index contributed by atoms with van der Waals surface area (Å²) in [5.74, 6) is 1.82. The molecular weight excluding hydrogens is 280 g/mol. The van der Waals surface area contributed by atoms with Crippen LogP contribution in [0.1, 0.15) is 30.1 Å². The number of oxazole rings is 1. The van der Waals surface area contributed by atoms with Gasteiger partial charge in [-0.05, 0) is 17.7 Å². The minimum Gasteiger partial charge on any atom is -0.445 e. The third-order valence-corrected chi connectivity index (χ3v) is 3.21. The summed E-state index contributed by atoms with van der Waals surface area (Å²) in [6.45, 7) is 2.61. The lowest BCUT2D eigenvalue weighted by molar-refractivity contribution is 0.440. The monoisotopic (exact) mass is 294 g/mol. The van der Waals surface area contributed by atoms with E-state index in [2.05, 4.69) is 33.0 Å². The number of halogens is 1. The standard InChI is InChI=1S/C13H15BrN2O/c1-9(7-15)12-8-16-13(17-12)6-10-2-4-11(14)5-3-10/h2-5,8-9H,6-7,15H2,1H3. The van der Waals surface area contributed by atoms with Crippen LogP contribution in [-0.2, 0) is 6.42 Å². The Balaban J connectivity index is 2.08. The Hall–Kier alpha value is -1.13. The molecule has 2 N–H and O–H groups in total. The number of hydrogen-bond donors (Lipinski definition) is 1. The first-order chi connectivity index (χ1) is 8.19. The van der Waals surface area contributed by atoms with E-state index < -0.39 is 0 Å². The largest absolute Gasteiger partial charge is 0.445 e. The second-order valence-electron chi connectivity index (χ2n) is 4.10. The molecule has 0 fully saturated rings. The fourth-order valence-electron chi connectivity index (χ4n) is 1.53. The van der Waals surface area contributed by atoms with Gasteiger partial charge in [0.05, 0.1) is 6.20 Å². The number of aromatic nitrogens is 1. The van der Waals surface area contributed by atoms with Crippen molar-refractivity contribution in [3.05, 3.63) is 52.1 Å². The van der Waals surface area contributed by atoms with Gasteiger partial charge in [0.15, 0.2) is 5.89 Å². The summed E-state index contributed by atoms with van der Waals surface area (Å²) in [6, 6.07) is 8.14. The molecule has 4 heteroatoms. The summed E-state index contributed by atoms with van der Waals surface area (Å²) in [7, 11) is 0. The van der Waals surface area contributed by atoms with Crippen LogP contribution in [0.2, 0.25) is 0 Å². The molecule has 17 heavy (non-hydrogen) atoms. The van der Waals surface area contributed by atoms with Gasteiger partial charge in [-0.25, -0.2) is 4.98 Å². The van der Waals surface area contributed by atoms with Crippen LogP contribution in [0.5, 0.6) is 0 Å². The van der Waals surface area contributed by atoms with E-state index in [-0.39, 0.29) is 5.92 Å². The molecule has 0 amide bonds. The van der Waals surface area contributed by atoms with E-state index in [0.717, 1.165) is 16.1 Å². The molecule has 1 aromatic heterocycles. The van der Waals surface area contributed by atoms with Crippen molar-refractivity contribution in [1.82, 2.24) is 4.98 Å². The van der Waals surface area contributed by atoms with Crippen molar-refractivity contribution >= 4 is 15.9 Å². The fraction of sp³-hybridized carbons (Fsp3) is 0.308. The molecule has 2 rings (SSSR count). The van der Waals surface area contributed by atoms with Gasteiger partial charge in [0, 0.05) is 23.4 Å². The highest BCUT2D eigenvalue weighted by atomic mass is 79.9. The van der Waals surface area contributed by atoms with Crippen LogP contribution < -0.4 is 5.73 Å². The molecule has 1 aromatic carbocycles. The highest BCUT2D eigenvalue weighted by molar-refractivity contribution is 9.10. The van der Waals surface area contributed by atoms with Gasteiger partial charge < -0.3 is 10.2 Å². The van der Waals surface area contributed by atoms with Crippen LogP contribution in [0, 0.1) is 0 Å². The van der Waals surface area contributed by atoms with Crippen LogP contribution in [0.3, 0.4) is 0 Å². The quantitative estimate of drug-likeness (QED) is 0.943. The van der Waals surface area contributed by atoms with Gasteiger partial charge >= 0.3 is 0 Å². The maximum atomic E-state index is 5.67. The molecule has 0 aliphatic rings. The molecule has 1 heterocycles. The van der Waals surface area contributed by atoms with Gasteiger partial charge in [-0.1, -0.05) is 35.0 Å². The van der Waals surface area contributed by atoms with E-state index in [9.17, 15) is 0 Å². The van der Waals surface area contributed by atoms with Crippen molar-refractivity contribution in [2.45, 2.75) is 19.3 Å². The normalized spacial score (nSPS) is 12.6. The molecule has 3 nitrogen and oxygen atoms in total. The molecule has 0 radical (unpaired) electrons. The van der Waals surface area contributed by atoms with E-state index in [1.54, 1.807) is 6.20 Å². The summed E-state index contributed by atoms with van der Waals surface area (Å²) in [5.41, 5.74) is 6.77. The molecule has 2 aromatic rings. The summed E-state index contributed by atoms with van der Waals surface area (Å²) in [4.78, 5) is 4.27. The van der Waals surface area contributed by atoms with E-state index in [1.165, 1.54) is 5.56 Å². The van der Waals surface area contributed by atoms with Crippen molar-refractivity contribution < 1.29 is 4.42 Å². The van der Waals surface area contributed by atoms with Crippen LogP contribution in [-0.4, -0.2) is 11.5 Å². The Kier molecular flexibility index (Phi) is 3.97. The minimum atomic E-state index is 0.223. The highest BCUT2D eigenvalue weighted by Crippen LogP contribution is 2.18. The van der Waals surface area contributed by atoms with E-state index in [4.69, 9.17) is 10.2 Å². The average Bonchev–Trinajstić information content (AvgIpc) is 2.80. The second-order valence-corrected chi connectivity index (χ2v) is 5.01. The predicted molar refractivity (Wildman–Crippen MR) is 70.9 cm³/mol. The Bertz CT molecular complexity index is 478. The predicted octanol–water partition coefficient (Wildman–Crippen LogP) is 3.09. The fourth-order valence-corrected chi connectivity index (χ4v) is 1.79. The molecule has 1 atom stereocenters. The summed E-state index contributed by atoms with van der Waals surface area (Å²) < 4.78 is 6.74. The van der Waals surface area contributed by atoms with Crippen LogP contribution >= 0.6 is 15.9 Å². The van der Waals surface area contributed by atoms with E-state index in [0.29, 0.717) is 13.0 Å². The lowest BCUT2D eigenvalue weighted by atomic mass is 10.1.